The molecule has 0 amide bonds. The highest BCUT2D eigenvalue weighted by molar-refractivity contribution is 5.88. The number of benzene rings is 2. The molecule has 1 fully saturated rings. The van der Waals surface area contributed by atoms with Crippen LogP contribution in [0, 0.1) is 0 Å². The van der Waals surface area contributed by atoms with Crippen LogP contribution in [-0.2, 0) is 4.74 Å². The molecular formula is C21H20O11. The molecule has 4 rings (SSSR count). The van der Waals surface area contributed by atoms with Gasteiger partial charge >= 0.3 is 0 Å². The van der Waals surface area contributed by atoms with E-state index in [1.807, 2.05) is 0 Å². The van der Waals surface area contributed by atoms with E-state index in [1.54, 1.807) is 0 Å². The minimum atomic E-state index is -1.64. The second kappa shape index (κ2) is 7.88. The van der Waals surface area contributed by atoms with Crippen LogP contribution in [0.2, 0.25) is 0 Å². The van der Waals surface area contributed by atoms with Gasteiger partial charge in [-0.05, 0) is 25.1 Å². The van der Waals surface area contributed by atoms with Gasteiger partial charge < -0.3 is 49.6 Å². The third kappa shape index (κ3) is 3.56. The lowest BCUT2D eigenvalue weighted by molar-refractivity contribution is -0.129. The van der Waals surface area contributed by atoms with Crippen LogP contribution in [0.4, 0.5) is 0 Å². The zero-order chi connectivity index (χ0) is 23.3. The predicted molar refractivity (Wildman–Crippen MR) is 108 cm³/mol. The van der Waals surface area contributed by atoms with Gasteiger partial charge in [0.15, 0.2) is 17.3 Å². The first-order valence-corrected chi connectivity index (χ1v) is 9.50. The SMILES string of the molecule is C[C@H](O)[C@@H]1O[C@H](Oc2c(-c3ccc(O)c(O)c3)oc3cc(O)cc(O)c3c2=O)[C@H](O)[C@@H]1O. The van der Waals surface area contributed by atoms with Crippen molar-refractivity contribution in [3.8, 4) is 40.1 Å². The number of fused-ring (bicyclic) bond motifs is 1. The maximum absolute atomic E-state index is 13.2. The Morgan fingerprint density at radius 2 is 1.69 bits per heavy atom. The Hall–Kier alpha value is -3.51. The summed E-state index contributed by atoms with van der Waals surface area (Å²) in [5.74, 6) is -2.79. The van der Waals surface area contributed by atoms with Gasteiger partial charge in [-0.3, -0.25) is 4.79 Å². The molecule has 1 aliphatic rings. The Kier molecular flexibility index (Phi) is 5.34. The second-order valence-electron chi connectivity index (χ2n) is 7.44. The van der Waals surface area contributed by atoms with Crippen molar-refractivity contribution in [3.05, 3.63) is 40.6 Å². The van der Waals surface area contributed by atoms with Gasteiger partial charge in [-0.25, -0.2) is 0 Å². The zero-order valence-corrected chi connectivity index (χ0v) is 16.5. The average molecular weight is 448 g/mol. The van der Waals surface area contributed by atoms with Gasteiger partial charge in [-0.1, -0.05) is 0 Å². The third-order valence-corrected chi connectivity index (χ3v) is 5.12. The fourth-order valence-corrected chi connectivity index (χ4v) is 3.51. The van der Waals surface area contributed by atoms with Gasteiger partial charge in [0, 0.05) is 17.7 Å². The molecule has 3 aromatic rings. The van der Waals surface area contributed by atoms with Crippen molar-refractivity contribution in [1.82, 2.24) is 0 Å². The number of rotatable bonds is 4. The van der Waals surface area contributed by atoms with E-state index in [0.717, 1.165) is 24.3 Å². The van der Waals surface area contributed by atoms with Crippen LogP contribution in [0.1, 0.15) is 6.92 Å². The standard InChI is InChI=1S/C21H20O11/c1-7(22)18-16(28)17(29)21(31-18)32-20-15(27)14-12(26)5-9(23)6-13(14)30-19(20)8-2-3-10(24)11(25)4-8/h2-7,16-18,21-26,28-29H,1H3/t7-,16-,17+,18-,21+/m0/s1. The van der Waals surface area contributed by atoms with Crippen molar-refractivity contribution in [2.75, 3.05) is 0 Å². The molecule has 1 aromatic heterocycles. The van der Waals surface area contributed by atoms with Gasteiger partial charge in [0.1, 0.15) is 40.8 Å². The molecule has 170 valence electrons. The molecule has 1 saturated heterocycles. The van der Waals surface area contributed by atoms with E-state index < -0.39 is 59.1 Å². The summed E-state index contributed by atoms with van der Waals surface area (Å²) in [6.45, 7) is 1.34. The summed E-state index contributed by atoms with van der Waals surface area (Å²) in [5.41, 5.74) is -1.05. The minimum Gasteiger partial charge on any atom is -0.508 e. The largest absolute Gasteiger partial charge is 0.508 e. The fourth-order valence-electron chi connectivity index (χ4n) is 3.51. The summed E-state index contributed by atoms with van der Waals surface area (Å²) in [5, 5.41) is 69.1. The molecule has 11 heteroatoms. The van der Waals surface area contributed by atoms with Crippen molar-refractivity contribution in [3.63, 3.8) is 0 Å². The average Bonchev–Trinajstić information content (AvgIpc) is 3.00. The highest BCUT2D eigenvalue weighted by atomic mass is 16.7. The van der Waals surface area contributed by atoms with E-state index >= 15 is 0 Å². The van der Waals surface area contributed by atoms with Crippen molar-refractivity contribution in [1.29, 1.82) is 0 Å². The maximum Gasteiger partial charge on any atom is 0.239 e. The molecule has 0 aliphatic carbocycles. The lowest BCUT2D eigenvalue weighted by atomic mass is 10.1. The van der Waals surface area contributed by atoms with Crippen LogP contribution in [0.25, 0.3) is 22.3 Å². The number of aliphatic hydroxyl groups excluding tert-OH is 3. The minimum absolute atomic E-state index is 0.0669. The number of aromatic hydroxyl groups is 4. The number of phenols is 4. The normalized spacial score (nSPS) is 24.0. The van der Waals surface area contributed by atoms with Crippen LogP contribution in [0.3, 0.4) is 0 Å². The Bertz CT molecular complexity index is 1230. The molecule has 0 radical (unpaired) electrons. The first-order chi connectivity index (χ1) is 15.1. The van der Waals surface area contributed by atoms with Crippen molar-refractivity contribution in [2.45, 2.75) is 37.6 Å². The third-order valence-electron chi connectivity index (χ3n) is 5.12. The van der Waals surface area contributed by atoms with E-state index in [1.165, 1.54) is 13.0 Å². The molecule has 0 spiro atoms. The van der Waals surface area contributed by atoms with Gasteiger partial charge in [0.2, 0.25) is 17.5 Å². The number of hydrogen-bond donors (Lipinski definition) is 7. The quantitative estimate of drug-likeness (QED) is 0.275. The monoisotopic (exact) mass is 448 g/mol. The van der Waals surface area contributed by atoms with Crippen molar-refractivity contribution in [2.24, 2.45) is 0 Å². The van der Waals surface area contributed by atoms with Crippen molar-refractivity contribution < 1.29 is 49.6 Å². The van der Waals surface area contributed by atoms with E-state index in [-0.39, 0.29) is 28.0 Å². The summed E-state index contributed by atoms with van der Waals surface area (Å²) in [4.78, 5) is 13.2. The molecule has 2 heterocycles. The van der Waals surface area contributed by atoms with Gasteiger partial charge in [0.05, 0.1) is 6.10 Å². The summed E-state index contributed by atoms with van der Waals surface area (Å²) >= 11 is 0. The molecule has 0 bridgehead atoms. The lowest BCUT2D eigenvalue weighted by Crippen LogP contribution is -2.38. The first kappa shape index (κ1) is 21.7. The first-order valence-electron chi connectivity index (χ1n) is 9.50. The molecule has 0 unspecified atom stereocenters. The number of ether oxygens (including phenoxy) is 2. The summed E-state index contributed by atoms with van der Waals surface area (Å²) in [6.07, 6.45) is -7.11. The van der Waals surface area contributed by atoms with E-state index in [4.69, 9.17) is 13.9 Å². The smallest absolute Gasteiger partial charge is 0.239 e. The van der Waals surface area contributed by atoms with E-state index in [9.17, 15) is 40.5 Å². The number of aliphatic hydroxyl groups is 3. The molecule has 32 heavy (non-hydrogen) atoms. The Morgan fingerprint density at radius 3 is 2.31 bits per heavy atom. The maximum atomic E-state index is 13.2. The number of phenolic OH excluding ortho intramolecular Hbond substituents is 4. The lowest BCUT2D eigenvalue weighted by Gasteiger charge is -2.19. The fraction of sp³-hybridized carbons (Fsp3) is 0.286. The molecule has 1 aliphatic heterocycles. The van der Waals surface area contributed by atoms with Crippen LogP contribution in [0.15, 0.2) is 39.5 Å². The van der Waals surface area contributed by atoms with Gasteiger partial charge in [-0.15, -0.1) is 0 Å². The Balaban J connectivity index is 1.91. The molecule has 11 nitrogen and oxygen atoms in total. The Morgan fingerprint density at radius 1 is 0.969 bits per heavy atom. The van der Waals surface area contributed by atoms with Crippen LogP contribution < -0.4 is 10.2 Å². The molecule has 2 aromatic carbocycles. The summed E-state index contributed by atoms with van der Waals surface area (Å²) < 4.78 is 16.6. The Labute approximate surface area is 179 Å². The molecule has 0 saturated carbocycles. The molecule has 5 atom stereocenters. The molecular weight excluding hydrogens is 428 g/mol. The highest BCUT2D eigenvalue weighted by Gasteiger charge is 2.47. The van der Waals surface area contributed by atoms with Crippen LogP contribution in [0.5, 0.6) is 28.7 Å². The number of hydrogen-bond acceptors (Lipinski definition) is 11. The summed E-state index contributed by atoms with van der Waals surface area (Å²) in [7, 11) is 0. The second-order valence-corrected chi connectivity index (χ2v) is 7.44. The van der Waals surface area contributed by atoms with Gasteiger partial charge in [-0.2, -0.15) is 0 Å². The van der Waals surface area contributed by atoms with Crippen LogP contribution in [-0.4, -0.2) is 66.5 Å². The van der Waals surface area contributed by atoms with Gasteiger partial charge in [0.25, 0.3) is 0 Å². The topological polar surface area (TPSA) is 190 Å². The van der Waals surface area contributed by atoms with E-state index in [2.05, 4.69) is 0 Å². The predicted octanol–water partition coefficient (Wildman–Crippen LogP) is 0.489. The van der Waals surface area contributed by atoms with Crippen molar-refractivity contribution >= 4 is 11.0 Å². The highest BCUT2D eigenvalue weighted by Crippen LogP contribution is 2.39. The zero-order valence-electron chi connectivity index (χ0n) is 16.5. The molecule has 7 N–H and O–H groups in total. The summed E-state index contributed by atoms with van der Waals surface area (Å²) in [6, 6.07) is 5.51. The van der Waals surface area contributed by atoms with Crippen LogP contribution >= 0.6 is 0 Å². The van der Waals surface area contributed by atoms with E-state index in [0.29, 0.717) is 0 Å².